The zero-order valence-corrected chi connectivity index (χ0v) is 12.8. The molecule has 0 aliphatic carbocycles. The van der Waals surface area contributed by atoms with E-state index in [9.17, 15) is 20.1 Å². The zero-order chi connectivity index (χ0) is 17.4. The van der Waals surface area contributed by atoms with Gasteiger partial charge in [-0.25, -0.2) is 15.0 Å². The van der Waals surface area contributed by atoms with Crippen molar-refractivity contribution in [3.63, 3.8) is 0 Å². The quantitative estimate of drug-likeness (QED) is 0.351. The Morgan fingerprint density at radius 1 is 1.42 bits per heavy atom. The van der Waals surface area contributed by atoms with Crippen molar-refractivity contribution in [1.82, 2.24) is 24.4 Å². The first-order valence-electron chi connectivity index (χ1n) is 7.33. The average Bonchev–Trinajstić information content (AvgIpc) is 3.12. The lowest BCUT2D eigenvalue weighted by molar-refractivity contribution is -0.152. The van der Waals surface area contributed by atoms with E-state index in [-0.39, 0.29) is 12.4 Å². The maximum absolute atomic E-state index is 11.0. The van der Waals surface area contributed by atoms with Crippen molar-refractivity contribution in [2.45, 2.75) is 37.7 Å². The summed E-state index contributed by atoms with van der Waals surface area (Å²) >= 11 is 0. The molecule has 5 atom stereocenters. The molecule has 5 N–H and O–H groups in total. The maximum atomic E-state index is 11.0. The molecule has 11 nitrogen and oxygen atoms in total. The Morgan fingerprint density at radius 2 is 2.17 bits per heavy atom. The van der Waals surface area contributed by atoms with Crippen LogP contribution >= 0.6 is 0 Å². The summed E-state index contributed by atoms with van der Waals surface area (Å²) in [5.74, 6) is 0.168. The number of aliphatic hydroxyl groups excluding tert-OH is 3. The van der Waals surface area contributed by atoms with Crippen LogP contribution in [0.2, 0.25) is 0 Å². The van der Waals surface area contributed by atoms with Gasteiger partial charge in [-0.1, -0.05) is 0 Å². The molecule has 1 aliphatic heterocycles. The van der Waals surface area contributed by atoms with Gasteiger partial charge in [0.25, 0.3) is 0 Å². The number of aromatic nitrogens is 4. The number of fused-ring (bicyclic) bond motifs is 1. The van der Waals surface area contributed by atoms with Crippen LogP contribution in [0.3, 0.4) is 0 Å². The first-order valence-corrected chi connectivity index (χ1v) is 7.33. The highest BCUT2D eigenvalue weighted by molar-refractivity contribution is 5.81. The number of anilines is 1. The second-order valence-corrected chi connectivity index (χ2v) is 5.40. The van der Waals surface area contributed by atoms with E-state index in [2.05, 4.69) is 15.0 Å². The fourth-order valence-electron chi connectivity index (χ4n) is 2.73. The van der Waals surface area contributed by atoms with Gasteiger partial charge < -0.3 is 30.7 Å². The number of hydrogen-bond donors (Lipinski definition) is 4. The Bertz CT molecular complexity index is 739. The van der Waals surface area contributed by atoms with Gasteiger partial charge in [-0.15, -0.1) is 0 Å². The van der Waals surface area contributed by atoms with Crippen LogP contribution in [0.15, 0.2) is 12.7 Å². The lowest BCUT2D eigenvalue weighted by Crippen LogP contribution is -2.48. The van der Waals surface area contributed by atoms with Gasteiger partial charge in [0.15, 0.2) is 23.9 Å². The molecule has 1 aliphatic rings. The van der Waals surface area contributed by atoms with E-state index in [1.54, 1.807) is 6.92 Å². The van der Waals surface area contributed by atoms with Gasteiger partial charge >= 0.3 is 0 Å². The van der Waals surface area contributed by atoms with E-state index in [0.717, 1.165) is 4.90 Å². The molecule has 11 heteroatoms. The highest BCUT2D eigenvalue weighted by Gasteiger charge is 2.48. The number of nitrogen functional groups attached to an aromatic ring is 1. The lowest BCUT2D eigenvalue weighted by atomic mass is 10.1. The number of rotatable bonds is 5. The number of likely N-dealkylation sites (N-methyl/N-ethyl adjacent to an activating group) is 1. The van der Waals surface area contributed by atoms with Gasteiger partial charge in [0.05, 0.1) is 6.33 Å². The standard InChI is InChI=1S/C13H18N6O5/c1-2-18(5-20)12(23)9-7(21)8(22)13(24-9)19-4-17-6-10(14)15-3-16-11(6)19/h3-5,7-9,12-13,21-23H,2H2,1H3,(H2,14,15,16). The van der Waals surface area contributed by atoms with Crippen LogP contribution in [0.4, 0.5) is 5.82 Å². The van der Waals surface area contributed by atoms with Gasteiger partial charge in [0.1, 0.15) is 30.2 Å². The highest BCUT2D eigenvalue weighted by atomic mass is 16.6. The Labute approximate surface area is 136 Å². The van der Waals surface area contributed by atoms with E-state index in [4.69, 9.17) is 10.5 Å². The fraction of sp³-hybridized carbons (Fsp3) is 0.538. The summed E-state index contributed by atoms with van der Waals surface area (Å²) in [7, 11) is 0. The average molecular weight is 338 g/mol. The molecule has 0 radical (unpaired) electrons. The van der Waals surface area contributed by atoms with Crippen LogP contribution in [0, 0.1) is 0 Å². The minimum absolute atomic E-state index is 0.168. The summed E-state index contributed by atoms with van der Waals surface area (Å²) in [5, 5.41) is 30.7. The summed E-state index contributed by atoms with van der Waals surface area (Å²) in [4.78, 5) is 24.0. The Balaban J connectivity index is 1.92. The number of nitrogens with zero attached hydrogens (tertiary/aromatic N) is 5. The van der Waals surface area contributed by atoms with Crippen molar-refractivity contribution in [1.29, 1.82) is 0 Å². The van der Waals surface area contributed by atoms with Crippen molar-refractivity contribution in [3.8, 4) is 0 Å². The molecule has 3 rings (SSSR count). The lowest BCUT2D eigenvalue weighted by Gasteiger charge is -2.28. The topological polar surface area (TPSA) is 160 Å². The number of nitrogens with two attached hydrogens (primary N) is 1. The Kier molecular flexibility index (Phi) is 4.32. The Morgan fingerprint density at radius 3 is 2.83 bits per heavy atom. The molecule has 3 heterocycles. The van der Waals surface area contributed by atoms with E-state index in [0.29, 0.717) is 17.6 Å². The number of imidazole rings is 1. The van der Waals surface area contributed by atoms with Crippen molar-refractivity contribution in [2.24, 2.45) is 0 Å². The van der Waals surface area contributed by atoms with Crippen LogP contribution in [0.5, 0.6) is 0 Å². The molecule has 1 fully saturated rings. The van der Waals surface area contributed by atoms with Gasteiger partial charge in [0, 0.05) is 6.54 Å². The number of carbonyl (C=O) groups excluding carboxylic acids is 1. The maximum Gasteiger partial charge on any atom is 0.211 e. The van der Waals surface area contributed by atoms with Gasteiger partial charge in [0.2, 0.25) is 6.41 Å². The fourth-order valence-corrected chi connectivity index (χ4v) is 2.73. The molecular formula is C13H18N6O5. The molecule has 5 unspecified atom stereocenters. The molecule has 130 valence electrons. The molecule has 1 saturated heterocycles. The monoisotopic (exact) mass is 338 g/mol. The molecule has 0 bridgehead atoms. The van der Waals surface area contributed by atoms with E-state index >= 15 is 0 Å². The normalized spacial score (nSPS) is 28.2. The molecule has 24 heavy (non-hydrogen) atoms. The van der Waals surface area contributed by atoms with E-state index in [1.165, 1.54) is 17.2 Å². The highest BCUT2D eigenvalue weighted by Crippen LogP contribution is 2.33. The van der Waals surface area contributed by atoms with Crippen molar-refractivity contribution in [3.05, 3.63) is 12.7 Å². The summed E-state index contributed by atoms with van der Waals surface area (Å²) in [5.41, 5.74) is 6.36. The predicted molar refractivity (Wildman–Crippen MR) is 80.1 cm³/mol. The zero-order valence-electron chi connectivity index (χ0n) is 12.8. The number of aliphatic hydroxyl groups is 3. The van der Waals surface area contributed by atoms with Crippen LogP contribution < -0.4 is 5.73 Å². The molecule has 1 amide bonds. The molecule has 2 aromatic heterocycles. The summed E-state index contributed by atoms with van der Waals surface area (Å²) in [6.07, 6.45) is -3.37. The first-order chi connectivity index (χ1) is 11.5. The molecule has 0 saturated carbocycles. The van der Waals surface area contributed by atoms with Crippen molar-refractivity contribution in [2.75, 3.05) is 12.3 Å². The van der Waals surface area contributed by atoms with Crippen molar-refractivity contribution < 1.29 is 24.9 Å². The minimum atomic E-state index is -1.41. The SMILES string of the molecule is CCN(C=O)C(O)C1OC(n2cnc3c(N)ncnc32)C(O)C1O. The van der Waals surface area contributed by atoms with Crippen LogP contribution in [0.1, 0.15) is 13.2 Å². The number of hydrogen-bond acceptors (Lipinski definition) is 9. The Hall–Kier alpha value is -2.34. The number of carbonyl (C=O) groups is 1. The third-order valence-corrected chi connectivity index (χ3v) is 4.07. The van der Waals surface area contributed by atoms with Crippen LogP contribution in [0.25, 0.3) is 11.2 Å². The molecule has 2 aromatic rings. The van der Waals surface area contributed by atoms with E-state index in [1.807, 2.05) is 0 Å². The van der Waals surface area contributed by atoms with E-state index < -0.39 is 30.8 Å². The first kappa shape index (κ1) is 16.5. The molecular weight excluding hydrogens is 320 g/mol. The summed E-state index contributed by atoms with van der Waals surface area (Å²) < 4.78 is 6.99. The smallest absolute Gasteiger partial charge is 0.211 e. The molecule has 0 aromatic carbocycles. The minimum Gasteiger partial charge on any atom is -0.387 e. The van der Waals surface area contributed by atoms with Gasteiger partial charge in [-0.3, -0.25) is 9.36 Å². The van der Waals surface area contributed by atoms with Crippen LogP contribution in [-0.2, 0) is 9.53 Å². The van der Waals surface area contributed by atoms with Gasteiger partial charge in [-0.2, -0.15) is 0 Å². The van der Waals surface area contributed by atoms with Gasteiger partial charge in [-0.05, 0) is 6.92 Å². The second kappa shape index (κ2) is 6.28. The third-order valence-electron chi connectivity index (χ3n) is 4.07. The number of amides is 1. The van der Waals surface area contributed by atoms with Crippen LogP contribution in [-0.4, -0.2) is 77.2 Å². The number of ether oxygens (including phenoxy) is 1. The summed E-state index contributed by atoms with van der Waals surface area (Å²) in [6.45, 7) is 1.88. The largest absolute Gasteiger partial charge is 0.387 e. The summed E-state index contributed by atoms with van der Waals surface area (Å²) in [6, 6.07) is 0. The third kappa shape index (κ3) is 2.47. The predicted octanol–water partition coefficient (Wildman–Crippen LogP) is -2.18. The van der Waals surface area contributed by atoms with Crippen molar-refractivity contribution >= 4 is 23.4 Å². The second-order valence-electron chi connectivity index (χ2n) is 5.40. The molecule has 0 spiro atoms.